The fraction of sp³-hybridized carbons (Fsp3) is 0.211. The number of ether oxygens (including phenoxy) is 1. The number of carbonyl (C=O) groups is 3. The third-order valence-corrected chi connectivity index (χ3v) is 4.16. The van der Waals surface area contributed by atoms with E-state index in [1.807, 2.05) is 0 Å². The number of hydrogen-bond acceptors (Lipinski definition) is 6. The minimum atomic E-state index is -0.581. The predicted molar refractivity (Wildman–Crippen MR) is 104 cm³/mol. The van der Waals surface area contributed by atoms with E-state index in [-0.39, 0.29) is 37.0 Å². The summed E-state index contributed by atoms with van der Waals surface area (Å²) in [6, 6.07) is 10.8. The summed E-state index contributed by atoms with van der Waals surface area (Å²) >= 11 is 0. The Morgan fingerprint density at radius 1 is 1.21 bits per heavy atom. The second-order valence-electron chi connectivity index (χ2n) is 6.33. The first kappa shape index (κ1) is 19.8. The van der Waals surface area contributed by atoms with Crippen LogP contribution in [0, 0.1) is 10.1 Å². The van der Waals surface area contributed by atoms with Gasteiger partial charge in [0.25, 0.3) is 11.6 Å². The smallest absolute Gasteiger partial charge is 0.271 e. The van der Waals surface area contributed by atoms with Crippen LogP contribution in [0.1, 0.15) is 12.5 Å². The van der Waals surface area contributed by atoms with Crippen molar-refractivity contribution in [2.45, 2.75) is 13.5 Å². The van der Waals surface area contributed by atoms with Gasteiger partial charge in [-0.1, -0.05) is 12.1 Å². The molecule has 2 aromatic carbocycles. The normalized spacial score (nSPS) is 12.6. The van der Waals surface area contributed by atoms with Gasteiger partial charge in [0.1, 0.15) is 12.3 Å². The molecule has 0 radical (unpaired) electrons. The highest BCUT2D eigenvalue weighted by Gasteiger charge is 2.29. The van der Waals surface area contributed by atoms with Crippen LogP contribution in [0.5, 0.6) is 5.75 Å². The molecule has 0 atom stereocenters. The van der Waals surface area contributed by atoms with Crippen LogP contribution in [0.3, 0.4) is 0 Å². The van der Waals surface area contributed by atoms with E-state index in [2.05, 4.69) is 10.6 Å². The maximum absolute atomic E-state index is 12.3. The van der Waals surface area contributed by atoms with Gasteiger partial charge in [0.2, 0.25) is 11.8 Å². The van der Waals surface area contributed by atoms with Crippen molar-refractivity contribution in [3.05, 3.63) is 58.1 Å². The molecule has 0 saturated heterocycles. The van der Waals surface area contributed by atoms with E-state index in [1.165, 1.54) is 30.0 Å². The van der Waals surface area contributed by atoms with E-state index in [1.54, 1.807) is 24.3 Å². The van der Waals surface area contributed by atoms with Gasteiger partial charge in [-0.05, 0) is 23.8 Å². The van der Waals surface area contributed by atoms with E-state index >= 15 is 0 Å². The third-order valence-electron chi connectivity index (χ3n) is 4.16. The fourth-order valence-corrected chi connectivity index (χ4v) is 2.79. The zero-order valence-electron chi connectivity index (χ0n) is 15.5. The van der Waals surface area contributed by atoms with E-state index in [0.717, 1.165) is 5.56 Å². The zero-order valence-corrected chi connectivity index (χ0v) is 15.5. The number of rotatable bonds is 6. The van der Waals surface area contributed by atoms with Crippen LogP contribution in [-0.4, -0.2) is 35.8 Å². The maximum atomic E-state index is 12.3. The van der Waals surface area contributed by atoms with Gasteiger partial charge in [-0.3, -0.25) is 29.4 Å². The Labute approximate surface area is 165 Å². The number of nitro benzene ring substituents is 1. The quantitative estimate of drug-likeness (QED) is 0.561. The minimum Gasteiger partial charge on any atom is -0.482 e. The number of nitro groups is 1. The van der Waals surface area contributed by atoms with Gasteiger partial charge >= 0.3 is 0 Å². The fourth-order valence-electron chi connectivity index (χ4n) is 2.79. The summed E-state index contributed by atoms with van der Waals surface area (Å²) in [6.45, 7) is 1.09. The molecular weight excluding hydrogens is 380 g/mol. The Hall–Kier alpha value is -3.95. The van der Waals surface area contributed by atoms with Crippen molar-refractivity contribution >= 4 is 34.8 Å². The topological polar surface area (TPSA) is 131 Å². The summed E-state index contributed by atoms with van der Waals surface area (Å²) in [5.41, 5.74) is 1.43. The van der Waals surface area contributed by atoms with E-state index in [4.69, 9.17) is 4.74 Å². The van der Waals surface area contributed by atoms with E-state index < -0.39 is 16.7 Å². The summed E-state index contributed by atoms with van der Waals surface area (Å²) in [7, 11) is 0. The van der Waals surface area contributed by atoms with Crippen molar-refractivity contribution in [3.63, 3.8) is 0 Å². The highest BCUT2D eigenvalue weighted by Crippen LogP contribution is 2.35. The minimum absolute atomic E-state index is 0.179. The molecule has 0 aromatic heterocycles. The van der Waals surface area contributed by atoms with Crippen molar-refractivity contribution < 1.29 is 24.0 Å². The number of amides is 3. The zero-order chi connectivity index (χ0) is 21.0. The van der Waals surface area contributed by atoms with Gasteiger partial charge in [-0.25, -0.2) is 0 Å². The molecule has 1 heterocycles. The van der Waals surface area contributed by atoms with E-state index in [9.17, 15) is 24.5 Å². The van der Waals surface area contributed by atoms with Crippen molar-refractivity contribution in [2.75, 3.05) is 23.4 Å². The second-order valence-corrected chi connectivity index (χ2v) is 6.33. The van der Waals surface area contributed by atoms with Gasteiger partial charge < -0.3 is 15.4 Å². The lowest BCUT2D eigenvalue weighted by atomic mass is 10.2. The summed E-state index contributed by atoms with van der Waals surface area (Å²) in [6.07, 6.45) is 0. The maximum Gasteiger partial charge on any atom is 0.271 e. The van der Waals surface area contributed by atoms with Crippen molar-refractivity contribution in [1.82, 2.24) is 5.32 Å². The van der Waals surface area contributed by atoms with E-state index in [0.29, 0.717) is 11.4 Å². The number of carbonyl (C=O) groups excluding carboxylic acids is 3. The van der Waals surface area contributed by atoms with Crippen molar-refractivity contribution in [1.29, 1.82) is 0 Å². The summed E-state index contributed by atoms with van der Waals surface area (Å²) in [4.78, 5) is 47.1. The van der Waals surface area contributed by atoms with Crippen LogP contribution >= 0.6 is 0 Å². The first-order valence-corrected chi connectivity index (χ1v) is 8.68. The molecule has 1 aliphatic heterocycles. The first-order chi connectivity index (χ1) is 13.8. The molecule has 1 aliphatic rings. The van der Waals surface area contributed by atoms with Crippen LogP contribution in [-0.2, 0) is 20.9 Å². The molecule has 0 unspecified atom stereocenters. The highest BCUT2D eigenvalue weighted by atomic mass is 16.6. The van der Waals surface area contributed by atoms with Crippen molar-refractivity contribution in [3.8, 4) is 5.75 Å². The summed E-state index contributed by atoms with van der Waals surface area (Å²) < 4.78 is 5.27. The number of nitrogens with zero attached hydrogens (tertiary/aromatic N) is 2. The van der Waals surface area contributed by atoms with Crippen LogP contribution in [0.15, 0.2) is 42.5 Å². The molecule has 3 amide bonds. The SMILES string of the molecule is CC(=O)Nc1ccc(CNC(=O)CN2C(=O)COc3ccc([N+](=O)[O-])cc32)cc1. The Balaban J connectivity index is 1.65. The molecule has 0 fully saturated rings. The van der Waals surface area contributed by atoms with Crippen LogP contribution in [0.4, 0.5) is 17.1 Å². The number of hydrogen-bond donors (Lipinski definition) is 2. The van der Waals surface area contributed by atoms with Crippen molar-refractivity contribution in [2.24, 2.45) is 0 Å². The molecule has 10 nitrogen and oxygen atoms in total. The second kappa shape index (κ2) is 8.38. The molecule has 0 spiro atoms. The standard InChI is InChI=1S/C19H18N4O6/c1-12(24)21-14-4-2-13(3-5-14)9-20-18(25)10-22-16-8-15(23(27)28)6-7-17(16)29-11-19(22)26/h2-8H,9-11H2,1H3,(H,20,25)(H,21,24). The average molecular weight is 398 g/mol. The summed E-state index contributed by atoms with van der Waals surface area (Å²) in [5, 5.41) is 16.3. The molecule has 150 valence electrons. The Morgan fingerprint density at radius 2 is 1.93 bits per heavy atom. The predicted octanol–water partition coefficient (Wildman–Crippen LogP) is 1.59. The largest absolute Gasteiger partial charge is 0.482 e. The number of benzene rings is 2. The molecule has 0 bridgehead atoms. The molecule has 2 aromatic rings. The van der Waals surface area contributed by atoms with Gasteiger partial charge in [-0.15, -0.1) is 0 Å². The van der Waals surface area contributed by atoms with Gasteiger partial charge in [0.05, 0.1) is 10.6 Å². The Bertz CT molecular complexity index is 973. The highest BCUT2D eigenvalue weighted by molar-refractivity contribution is 6.02. The lowest BCUT2D eigenvalue weighted by Gasteiger charge is -2.28. The number of nitrogens with one attached hydrogen (secondary N) is 2. The van der Waals surface area contributed by atoms with Gasteiger partial charge in [0.15, 0.2) is 6.61 Å². The monoisotopic (exact) mass is 398 g/mol. The van der Waals surface area contributed by atoms with Crippen LogP contribution in [0.2, 0.25) is 0 Å². The molecule has 0 saturated carbocycles. The third kappa shape index (κ3) is 4.86. The molecule has 29 heavy (non-hydrogen) atoms. The lowest BCUT2D eigenvalue weighted by Crippen LogP contribution is -2.45. The Morgan fingerprint density at radius 3 is 2.59 bits per heavy atom. The van der Waals surface area contributed by atoms with Gasteiger partial charge in [-0.2, -0.15) is 0 Å². The number of fused-ring (bicyclic) bond motifs is 1. The van der Waals surface area contributed by atoms with Gasteiger partial charge in [0, 0.05) is 31.3 Å². The van der Waals surface area contributed by atoms with Crippen LogP contribution < -0.4 is 20.3 Å². The molecule has 2 N–H and O–H groups in total. The lowest BCUT2D eigenvalue weighted by molar-refractivity contribution is -0.384. The first-order valence-electron chi connectivity index (χ1n) is 8.68. The number of anilines is 2. The summed E-state index contributed by atoms with van der Waals surface area (Å²) in [5.74, 6) is -0.769. The van der Waals surface area contributed by atoms with Crippen LogP contribution in [0.25, 0.3) is 0 Å². The number of non-ortho nitro benzene ring substituents is 1. The Kier molecular flexibility index (Phi) is 5.72. The molecule has 0 aliphatic carbocycles. The average Bonchev–Trinajstić information content (AvgIpc) is 2.68. The molecular formula is C19H18N4O6. The molecule has 10 heteroatoms. The molecule has 3 rings (SSSR count).